The van der Waals surface area contributed by atoms with Crippen LogP contribution in [0.5, 0.6) is 11.5 Å². The number of halogens is 1. The van der Waals surface area contributed by atoms with E-state index in [9.17, 15) is 9.59 Å². The Hall–Kier alpha value is -2.80. The van der Waals surface area contributed by atoms with Gasteiger partial charge in [-0.2, -0.15) is 0 Å². The lowest BCUT2D eigenvalue weighted by Gasteiger charge is -2.15. The van der Waals surface area contributed by atoms with Crippen LogP contribution in [0.3, 0.4) is 0 Å². The molecule has 1 N–H and O–H groups in total. The third-order valence-corrected chi connectivity index (χ3v) is 4.74. The van der Waals surface area contributed by atoms with Gasteiger partial charge >= 0.3 is 6.03 Å². The molecule has 0 spiro atoms. The minimum Gasteiger partial charge on any atom is -0.490 e. The highest BCUT2D eigenvalue weighted by Crippen LogP contribution is 2.38. The number of imide groups is 1. The summed E-state index contributed by atoms with van der Waals surface area (Å²) in [5.41, 5.74) is 1.99. The molecule has 3 amide bonds. The van der Waals surface area contributed by atoms with E-state index < -0.39 is 6.03 Å². The summed E-state index contributed by atoms with van der Waals surface area (Å²) in [5.74, 6) is 0.805. The zero-order chi connectivity index (χ0) is 20.1. The maximum atomic E-state index is 12.3. The number of benzene rings is 2. The number of carbonyl (C=O) groups excluding carboxylic acids is 2. The summed E-state index contributed by atoms with van der Waals surface area (Å²) in [6, 6.07) is 13.0. The van der Waals surface area contributed by atoms with Crippen molar-refractivity contribution in [3.8, 4) is 11.5 Å². The first kappa shape index (κ1) is 19.9. The highest BCUT2D eigenvalue weighted by molar-refractivity contribution is 9.10. The average molecular weight is 445 g/mol. The van der Waals surface area contributed by atoms with Gasteiger partial charge in [0, 0.05) is 6.54 Å². The fraction of sp³-hybridized carbons (Fsp3) is 0.238. The smallest absolute Gasteiger partial charge is 0.328 e. The first-order chi connectivity index (χ1) is 13.5. The monoisotopic (exact) mass is 444 g/mol. The van der Waals surface area contributed by atoms with Gasteiger partial charge in [-0.3, -0.25) is 9.69 Å². The normalized spacial score (nSPS) is 15.1. The van der Waals surface area contributed by atoms with E-state index in [2.05, 4.69) is 21.2 Å². The third kappa shape index (κ3) is 4.36. The van der Waals surface area contributed by atoms with E-state index in [1.165, 1.54) is 0 Å². The molecule has 1 aliphatic rings. The summed E-state index contributed by atoms with van der Waals surface area (Å²) < 4.78 is 12.4. The number of urea groups is 1. The largest absolute Gasteiger partial charge is 0.490 e. The van der Waals surface area contributed by atoms with Crippen molar-refractivity contribution in [1.29, 1.82) is 0 Å². The molecule has 7 heteroatoms. The summed E-state index contributed by atoms with van der Waals surface area (Å²) in [7, 11) is 0. The van der Waals surface area contributed by atoms with Crippen LogP contribution in [0.4, 0.5) is 4.79 Å². The highest BCUT2D eigenvalue weighted by atomic mass is 79.9. The van der Waals surface area contributed by atoms with Gasteiger partial charge in [0.1, 0.15) is 12.3 Å². The molecule has 6 nitrogen and oxygen atoms in total. The Morgan fingerprint density at radius 2 is 1.86 bits per heavy atom. The first-order valence-corrected chi connectivity index (χ1v) is 9.80. The third-order valence-electron chi connectivity index (χ3n) is 4.15. The molecule has 0 radical (unpaired) electrons. The van der Waals surface area contributed by atoms with Crippen molar-refractivity contribution >= 4 is 33.9 Å². The fourth-order valence-corrected chi connectivity index (χ4v) is 3.40. The summed E-state index contributed by atoms with van der Waals surface area (Å²) in [4.78, 5) is 25.3. The van der Waals surface area contributed by atoms with Crippen LogP contribution in [0.1, 0.15) is 25.0 Å². The van der Waals surface area contributed by atoms with Crippen LogP contribution in [0, 0.1) is 0 Å². The van der Waals surface area contributed by atoms with Gasteiger partial charge in [0.05, 0.1) is 11.1 Å². The second kappa shape index (κ2) is 8.93. The van der Waals surface area contributed by atoms with Gasteiger partial charge in [-0.25, -0.2) is 4.79 Å². The second-order valence-electron chi connectivity index (χ2n) is 6.07. The Morgan fingerprint density at radius 3 is 2.50 bits per heavy atom. The molecule has 0 aliphatic carbocycles. The second-order valence-corrected chi connectivity index (χ2v) is 6.93. The van der Waals surface area contributed by atoms with Crippen molar-refractivity contribution < 1.29 is 19.1 Å². The van der Waals surface area contributed by atoms with Crippen molar-refractivity contribution in [1.82, 2.24) is 10.2 Å². The molecule has 1 aliphatic heterocycles. The first-order valence-electron chi connectivity index (χ1n) is 9.01. The Morgan fingerprint density at radius 1 is 1.11 bits per heavy atom. The Balaban J connectivity index is 1.87. The highest BCUT2D eigenvalue weighted by Gasteiger charge is 2.32. The standard InChI is InChI=1S/C21H21BrN2O4/c1-3-24-20(25)17(23-21(24)26)11-15-10-16(22)19(18(12-15)27-4-2)28-13-14-8-6-5-7-9-14/h5-12H,3-4,13H2,1-2H3,(H,23,26)/b17-11+. The summed E-state index contributed by atoms with van der Waals surface area (Å²) in [5, 5.41) is 2.60. The molecule has 28 heavy (non-hydrogen) atoms. The number of carbonyl (C=O) groups is 2. The van der Waals surface area contributed by atoms with Gasteiger partial charge in [-0.15, -0.1) is 0 Å². The number of ether oxygens (including phenoxy) is 2. The van der Waals surface area contributed by atoms with E-state index in [-0.39, 0.29) is 11.6 Å². The van der Waals surface area contributed by atoms with Gasteiger partial charge < -0.3 is 14.8 Å². The number of amides is 3. The van der Waals surface area contributed by atoms with Crippen LogP contribution in [0.15, 0.2) is 52.6 Å². The van der Waals surface area contributed by atoms with Crippen LogP contribution < -0.4 is 14.8 Å². The zero-order valence-electron chi connectivity index (χ0n) is 15.7. The SMILES string of the molecule is CCOc1cc(/C=C2/NC(=O)N(CC)C2=O)cc(Br)c1OCc1ccccc1. The van der Waals surface area contributed by atoms with Crippen LogP contribution in [0.2, 0.25) is 0 Å². The molecule has 1 heterocycles. The minimum atomic E-state index is -0.411. The van der Waals surface area contributed by atoms with Crippen molar-refractivity contribution in [2.24, 2.45) is 0 Å². The van der Waals surface area contributed by atoms with Crippen LogP contribution in [-0.2, 0) is 11.4 Å². The van der Waals surface area contributed by atoms with Gasteiger partial charge in [0.25, 0.3) is 5.91 Å². The van der Waals surface area contributed by atoms with Gasteiger partial charge in [0.15, 0.2) is 11.5 Å². The maximum absolute atomic E-state index is 12.3. The molecule has 0 aromatic heterocycles. The number of rotatable bonds is 7. The van der Waals surface area contributed by atoms with Crippen LogP contribution in [0.25, 0.3) is 6.08 Å². The molecule has 1 fully saturated rings. The maximum Gasteiger partial charge on any atom is 0.328 e. The Kier molecular flexibility index (Phi) is 6.36. The van der Waals surface area contributed by atoms with Crippen molar-refractivity contribution in [2.45, 2.75) is 20.5 Å². The zero-order valence-corrected chi connectivity index (χ0v) is 17.3. The molecule has 146 valence electrons. The number of likely N-dealkylation sites (N-methyl/N-ethyl adjacent to an activating group) is 1. The lowest BCUT2D eigenvalue weighted by atomic mass is 10.1. The van der Waals surface area contributed by atoms with E-state index in [1.54, 1.807) is 19.1 Å². The topological polar surface area (TPSA) is 67.9 Å². The molecule has 2 aromatic carbocycles. The van der Waals surface area contributed by atoms with Crippen molar-refractivity contribution in [3.05, 3.63) is 63.8 Å². The molecular weight excluding hydrogens is 424 g/mol. The van der Waals surface area contributed by atoms with E-state index in [0.29, 0.717) is 41.3 Å². The summed E-state index contributed by atoms with van der Waals surface area (Å²) in [6.45, 7) is 4.83. The lowest BCUT2D eigenvalue weighted by Crippen LogP contribution is -2.30. The summed E-state index contributed by atoms with van der Waals surface area (Å²) in [6.07, 6.45) is 1.63. The predicted molar refractivity (Wildman–Crippen MR) is 110 cm³/mol. The van der Waals surface area contributed by atoms with E-state index in [1.807, 2.05) is 43.3 Å². The van der Waals surface area contributed by atoms with Gasteiger partial charge in [0.2, 0.25) is 0 Å². The number of nitrogens with one attached hydrogen (secondary N) is 1. The van der Waals surface area contributed by atoms with E-state index in [0.717, 1.165) is 10.5 Å². The van der Waals surface area contributed by atoms with Crippen molar-refractivity contribution in [3.63, 3.8) is 0 Å². The summed E-state index contributed by atoms with van der Waals surface area (Å²) >= 11 is 3.53. The lowest BCUT2D eigenvalue weighted by molar-refractivity contribution is -0.122. The molecule has 3 rings (SSSR count). The van der Waals surface area contributed by atoms with Crippen LogP contribution in [-0.4, -0.2) is 30.0 Å². The molecule has 0 saturated carbocycles. The molecule has 1 saturated heterocycles. The van der Waals surface area contributed by atoms with Crippen LogP contribution >= 0.6 is 15.9 Å². The molecule has 0 unspecified atom stereocenters. The fourth-order valence-electron chi connectivity index (χ4n) is 2.83. The van der Waals surface area contributed by atoms with E-state index >= 15 is 0 Å². The Bertz CT molecular complexity index is 912. The average Bonchev–Trinajstić information content (AvgIpc) is 2.94. The van der Waals surface area contributed by atoms with Gasteiger partial charge in [-0.1, -0.05) is 30.3 Å². The molecule has 0 atom stereocenters. The number of nitrogens with zero attached hydrogens (tertiary/aromatic N) is 1. The predicted octanol–water partition coefficient (Wildman–Crippen LogP) is 4.34. The number of hydrogen-bond acceptors (Lipinski definition) is 4. The van der Waals surface area contributed by atoms with Crippen molar-refractivity contribution in [2.75, 3.05) is 13.2 Å². The molecule has 0 bridgehead atoms. The number of hydrogen-bond donors (Lipinski definition) is 1. The Labute approximate surface area is 172 Å². The minimum absolute atomic E-state index is 0.235. The van der Waals surface area contributed by atoms with Gasteiger partial charge in [-0.05, 0) is 59.1 Å². The quantitative estimate of drug-likeness (QED) is 0.509. The van der Waals surface area contributed by atoms with E-state index in [4.69, 9.17) is 9.47 Å². The molecular formula is C21H21BrN2O4. The molecule has 2 aromatic rings.